The molecule has 2 aromatic heterocycles. The molecule has 0 saturated carbocycles. The fraction of sp³-hybridized carbons (Fsp3) is 0.529. The zero-order chi connectivity index (χ0) is 19.1. The van der Waals surface area contributed by atoms with E-state index in [1.807, 2.05) is 13.8 Å². The maximum absolute atomic E-state index is 12.8. The number of aliphatic hydroxyl groups is 1. The number of hydrogen-bond acceptors (Lipinski definition) is 5. The van der Waals surface area contributed by atoms with Gasteiger partial charge in [0.25, 0.3) is 11.8 Å². The summed E-state index contributed by atoms with van der Waals surface area (Å²) in [5.41, 5.74) is 0.938. The number of carbonyl (C=O) groups is 2. The van der Waals surface area contributed by atoms with Gasteiger partial charge < -0.3 is 15.3 Å². The second-order valence-corrected chi connectivity index (χ2v) is 5.92. The van der Waals surface area contributed by atoms with Gasteiger partial charge in [0.1, 0.15) is 11.4 Å². The van der Waals surface area contributed by atoms with Gasteiger partial charge in [-0.2, -0.15) is 10.2 Å². The standard InChI is InChI=1S/C17H26N6O3/c1-4-22-14(6-8-19-22)16(25)18-10-11-21(12-13(3)24)17(26)15-7-9-20-23(15)5-2/h6-9,13,24H,4-5,10-12H2,1-3H3,(H,18,25). The van der Waals surface area contributed by atoms with Crippen LogP contribution in [0.2, 0.25) is 0 Å². The van der Waals surface area contributed by atoms with E-state index in [0.29, 0.717) is 24.5 Å². The summed E-state index contributed by atoms with van der Waals surface area (Å²) in [6, 6.07) is 3.30. The fourth-order valence-electron chi connectivity index (χ4n) is 2.70. The van der Waals surface area contributed by atoms with Crippen LogP contribution in [0.15, 0.2) is 24.5 Å². The van der Waals surface area contributed by atoms with Crippen LogP contribution in [0.3, 0.4) is 0 Å². The Labute approximate surface area is 152 Å². The first-order chi connectivity index (χ1) is 12.5. The molecule has 9 heteroatoms. The molecule has 0 aliphatic rings. The topological polar surface area (TPSA) is 105 Å². The molecular weight excluding hydrogens is 336 g/mol. The van der Waals surface area contributed by atoms with Gasteiger partial charge in [0, 0.05) is 45.1 Å². The lowest BCUT2D eigenvalue weighted by molar-refractivity contribution is 0.0632. The predicted octanol–water partition coefficient (Wildman–Crippen LogP) is 0.372. The molecule has 9 nitrogen and oxygen atoms in total. The number of aromatic nitrogens is 4. The normalized spacial score (nSPS) is 12.0. The first-order valence-electron chi connectivity index (χ1n) is 8.77. The minimum absolute atomic E-state index is 0.177. The van der Waals surface area contributed by atoms with Gasteiger partial charge in [0.2, 0.25) is 0 Å². The van der Waals surface area contributed by atoms with Crippen molar-refractivity contribution in [3.8, 4) is 0 Å². The molecule has 2 N–H and O–H groups in total. The molecule has 0 aliphatic heterocycles. The van der Waals surface area contributed by atoms with Gasteiger partial charge in [-0.3, -0.25) is 19.0 Å². The summed E-state index contributed by atoms with van der Waals surface area (Å²) in [5.74, 6) is -0.467. The summed E-state index contributed by atoms with van der Waals surface area (Å²) in [6.07, 6.45) is 2.48. The van der Waals surface area contributed by atoms with Crippen LogP contribution in [0.25, 0.3) is 0 Å². The van der Waals surface area contributed by atoms with Crippen molar-refractivity contribution in [3.63, 3.8) is 0 Å². The minimum atomic E-state index is -0.672. The Morgan fingerprint density at radius 1 is 1.15 bits per heavy atom. The van der Waals surface area contributed by atoms with Crippen molar-refractivity contribution in [1.82, 2.24) is 29.8 Å². The van der Waals surface area contributed by atoms with Crippen molar-refractivity contribution in [2.75, 3.05) is 19.6 Å². The van der Waals surface area contributed by atoms with Crippen molar-refractivity contribution in [2.45, 2.75) is 40.0 Å². The van der Waals surface area contributed by atoms with Crippen LogP contribution < -0.4 is 5.32 Å². The molecule has 0 aromatic carbocycles. The van der Waals surface area contributed by atoms with Gasteiger partial charge in [0.15, 0.2) is 0 Å². The second-order valence-electron chi connectivity index (χ2n) is 5.92. The van der Waals surface area contributed by atoms with Crippen LogP contribution in [-0.2, 0) is 13.1 Å². The molecule has 2 heterocycles. The van der Waals surface area contributed by atoms with Crippen LogP contribution in [0.5, 0.6) is 0 Å². The number of hydrogen-bond donors (Lipinski definition) is 2. The molecule has 0 bridgehead atoms. The highest BCUT2D eigenvalue weighted by Gasteiger charge is 2.21. The SMILES string of the molecule is CCn1nccc1C(=O)NCCN(CC(C)O)C(=O)c1ccnn1CC. The second kappa shape index (κ2) is 9.14. The van der Waals surface area contributed by atoms with Crippen molar-refractivity contribution in [2.24, 2.45) is 0 Å². The number of amides is 2. The molecule has 142 valence electrons. The average molecular weight is 362 g/mol. The molecule has 0 radical (unpaired) electrons. The molecule has 0 saturated heterocycles. The van der Waals surface area contributed by atoms with Gasteiger partial charge in [-0.1, -0.05) is 0 Å². The number of aliphatic hydroxyl groups excluding tert-OH is 1. The van der Waals surface area contributed by atoms with Crippen molar-refractivity contribution in [3.05, 3.63) is 35.9 Å². The molecule has 1 atom stereocenters. The van der Waals surface area contributed by atoms with Gasteiger partial charge in [-0.15, -0.1) is 0 Å². The van der Waals surface area contributed by atoms with E-state index in [9.17, 15) is 14.7 Å². The van der Waals surface area contributed by atoms with Crippen LogP contribution in [0, 0.1) is 0 Å². The van der Waals surface area contributed by atoms with Crippen molar-refractivity contribution < 1.29 is 14.7 Å². The number of rotatable bonds is 9. The largest absolute Gasteiger partial charge is 0.392 e. The molecule has 0 spiro atoms. The van der Waals surface area contributed by atoms with Crippen molar-refractivity contribution >= 4 is 11.8 Å². The maximum Gasteiger partial charge on any atom is 0.272 e. The summed E-state index contributed by atoms with van der Waals surface area (Å²) in [7, 11) is 0. The van der Waals surface area contributed by atoms with Crippen LogP contribution in [0.4, 0.5) is 0 Å². The van der Waals surface area contributed by atoms with E-state index in [0.717, 1.165) is 0 Å². The number of carbonyl (C=O) groups excluding carboxylic acids is 2. The lowest BCUT2D eigenvalue weighted by Crippen LogP contribution is -2.42. The Kier molecular flexibility index (Phi) is 6.90. The summed E-state index contributed by atoms with van der Waals surface area (Å²) >= 11 is 0. The predicted molar refractivity (Wildman–Crippen MR) is 95.7 cm³/mol. The minimum Gasteiger partial charge on any atom is -0.392 e. The van der Waals surface area contributed by atoms with Crippen LogP contribution >= 0.6 is 0 Å². The Morgan fingerprint density at radius 3 is 2.31 bits per heavy atom. The first kappa shape index (κ1) is 19.6. The van der Waals surface area contributed by atoms with E-state index >= 15 is 0 Å². The zero-order valence-corrected chi connectivity index (χ0v) is 15.4. The highest BCUT2D eigenvalue weighted by atomic mass is 16.3. The molecule has 2 rings (SSSR count). The molecule has 0 fully saturated rings. The summed E-state index contributed by atoms with van der Waals surface area (Å²) in [6.45, 7) is 7.34. The highest BCUT2D eigenvalue weighted by Crippen LogP contribution is 2.06. The summed E-state index contributed by atoms with van der Waals surface area (Å²) in [5, 5.41) is 20.7. The molecule has 26 heavy (non-hydrogen) atoms. The Bertz CT molecular complexity index is 736. The van der Waals surface area contributed by atoms with E-state index in [1.54, 1.807) is 40.8 Å². The Balaban J connectivity index is 2.00. The third-order valence-electron chi connectivity index (χ3n) is 3.92. The zero-order valence-electron chi connectivity index (χ0n) is 15.4. The van der Waals surface area contributed by atoms with Crippen LogP contribution in [0.1, 0.15) is 41.7 Å². The van der Waals surface area contributed by atoms with Gasteiger partial charge in [-0.25, -0.2) is 0 Å². The number of nitrogens with one attached hydrogen (secondary N) is 1. The monoisotopic (exact) mass is 362 g/mol. The third kappa shape index (κ3) is 4.69. The maximum atomic E-state index is 12.8. The van der Waals surface area contributed by atoms with E-state index in [1.165, 1.54) is 4.90 Å². The quantitative estimate of drug-likeness (QED) is 0.671. The van der Waals surface area contributed by atoms with E-state index in [2.05, 4.69) is 15.5 Å². The first-order valence-corrected chi connectivity index (χ1v) is 8.77. The van der Waals surface area contributed by atoms with Gasteiger partial charge in [-0.05, 0) is 32.9 Å². The molecule has 1 unspecified atom stereocenters. The molecule has 2 aromatic rings. The fourth-order valence-corrected chi connectivity index (χ4v) is 2.70. The lowest BCUT2D eigenvalue weighted by atomic mass is 10.3. The van der Waals surface area contributed by atoms with Gasteiger partial charge in [0.05, 0.1) is 6.10 Å². The number of aryl methyl sites for hydroxylation is 2. The van der Waals surface area contributed by atoms with E-state index in [4.69, 9.17) is 0 Å². The smallest absolute Gasteiger partial charge is 0.272 e. The van der Waals surface area contributed by atoms with Gasteiger partial charge >= 0.3 is 0 Å². The third-order valence-corrected chi connectivity index (χ3v) is 3.92. The Hall–Kier alpha value is -2.68. The average Bonchev–Trinajstić information content (AvgIpc) is 3.28. The van der Waals surface area contributed by atoms with Crippen molar-refractivity contribution in [1.29, 1.82) is 0 Å². The molecule has 0 aliphatic carbocycles. The molecular formula is C17H26N6O3. The highest BCUT2D eigenvalue weighted by molar-refractivity contribution is 5.93. The Morgan fingerprint density at radius 2 is 1.73 bits per heavy atom. The van der Waals surface area contributed by atoms with Crippen LogP contribution in [-0.4, -0.2) is 67.1 Å². The summed E-state index contributed by atoms with van der Waals surface area (Å²) in [4.78, 5) is 26.5. The van der Waals surface area contributed by atoms with E-state index < -0.39 is 6.10 Å². The lowest BCUT2D eigenvalue weighted by Gasteiger charge is -2.24. The molecule has 2 amide bonds. The summed E-state index contributed by atoms with van der Waals surface area (Å²) < 4.78 is 3.21. The number of nitrogens with zero attached hydrogens (tertiary/aromatic N) is 5. The van der Waals surface area contributed by atoms with E-state index in [-0.39, 0.29) is 31.4 Å².